The first kappa shape index (κ1) is 15.4. The fourth-order valence-corrected chi connectivity index (χ4v) is 1.47. The second kappa shape index (κ2) is 7.68. The summed E-state index contributed by atoms with van der Waals surface area (Å²) in [5.41, 5.74) is 0.337. The first-order valence-corrected chi connectivity index (χ1v) is 6.52. The summed E-state index contributed by atoms with van der Waals surface area (Å²) < 4.78 is 0. The molecule has 106 valence electrons. The number of nitrogens with one attached hydrogen (secondary N) is 2. The smallest absolute Gasteiger partial charge is 0.271 e. The van der Waals surface area contributed by atoms with E-state index in [2.05, 4.69) is 46.4 Å². The number of carbonyl (C=O) groups excluding carboxylic acids is 1. The number of aromatic nitrogens is 2. The van der Waals surface area contributed by atoms with E-state index >= 15 is 0 Å². The SMILES string of the molecule is CNc1cncc(C(=O)NCCCN(C)C(C)C)n1. The molecule has 19 heavy (non-hydrogen) atoms. The van der Waals surface area contributed by atoms with Gasteiger partial charge in [-0.2, -0.15) is 0 Å². The van der Waals surface area contributed by atoms with Crippen LogP contribution in [0.15, 0.2) is 12.4 Å². The van der Waals surface area contributed by atoms with E-state index in [1.165, 1.54) is 6.20 Å². The summed E-state index contributed by atoms with van der Waals surface area (Å²) in [6.07, 6.45) is 3.96. The first-order valence-electron chi connectivity index (χ1n) is 6.52. The van der Waals surface area contributed by atoms with Crippen LogP contribution < -0.4 is 10.6 Å². The third-order valence-corrected chi connectivity index (χ3v) is 2.98. The predicted octanol–water partition coefficient (Wildman–Crippen LogP) is 0.978. The predicted molar refractivity (Wildman–Crippen MR) is 76.3 cm³/mol. The highest BCUT2D eigenvalue weighted by atomic mass is 16.1. The van der Waals surface area contributed by atoms with Gasteiger partial charge in [-0.3, -0.25) is 9.78 Å². The van der Waals surface area contributed by atoms with E-state index in [0.29, 0.717) is 24.1 Å². The minimum Gasteiger partial charge on any atom is -0.372 e. The van der Waals surface area contributed by atoms with Crippen LogP contribution in [-0.2, 0) is 0 Å². The zero-order chi connectivity index (χ0) is 14.3. The summed E-state index contributed by atoms with van der Waals surface area (Å²) in [6.45, 7) is 5.90. The van der Waals surface area contributed by atoms with Crippen LogP contribution in [0, 0.1) is 0 Å². The molecule has 0 radical (unpaired) electrons. The van der Waals surface area contributed by atoms with Gasteiger partial charge in [-0.25, -0.2) is 4.98 Å². The zero-order valence-electron chi connectivity index (χ0n) is 12.1. The lowest BCUT2D eigenvalue weighted by Gasteiger charge is -2.20. The molecule has 2 N–H and O–H groups in total. The topological polar surface area (TPSA) is 70.2 Å². The average molecular weight is 265 g/mol. The second-order valence-corrected chi connectivity index (χ2v) is 4.72. The Kier molecular flexibility index (Phi) is 6.21. The van der Waals surface area contributed by atoms with Crippen molar-refractivity contribution in [2.45, 2.75) is 26.3 Å². The van der Waals surface area contributed by atoms with E-state index in [0.717, 1.165) is 13.0 Å². The standard InChI is InChI=1S/C13H23N5O/c1-10(2)18(4)7-5-6-16-13(19)11-8-15-9-12(14-3)17-11/h8-10H,5-7H2,1-4H3,(H,14,17)(H,16,19). The number of amides is 1. The number of hydrogen-bond donors (Lipinski definition) is 2. The minimum atomic E-state index is -0.184. The van der Waals surface area contributed by atoms with Crippen LogP contribution in [0.25, 0.3) is 0 Å². The van der Waals surface area contributed by atoms with Gasteiger partial charge in [-0.05, 0) is 33.9 Å². The molecule has 6 nitrogen and oxygen atoms in total. The van der Waals surface area contributed by atoms with Crippen molar-refractivity contribution in [1.29, 1.82) is 0 Å². The molecule has 0 saturated carbocycles. The summed E-state index contributed by atoms with van der Waals surface area (Å²) in [7, 11) is 3.82. The van der Waals surface area contributed by atoms with E-state index in [1.807, 2.05) is 0 Å². The summed E-state index contributed by atoms with van der Waals surface area (Å²) >= 11 is 0. The Morgan fingerprint density at radius 3 is 2.79 bits per heavy atom. The lowest BCUT2D eigenvalue weighted by Crippen LogP contribution is -2.31. The highest BCUT2D eigenvalue weighted by molar-refractivity contribution is 5.92. The van der Waals surface area contributed by atoms with Gasteiger partial charge in [0.2, 0.25) is 0 Å². The van der Waals surface area contributed by atoms with Crippen LogP contribution in [-0.4, -0.2) is 54.0 Å². The van der Waals surface area contributed by atoms with E-state index < -0.39 is 0 Å². The fraction of sp³-hybridized carbons (Fsp3) is 0.615. The van der Waals surface area contributed by atoms with Crippen LogP contribution in [0.3, 0.4) is 0 Å². The molecule has 0 spiro atoms. The molecule has 1 amide bonds. The zero-order valence-corrected chi connectivity index (χ0v) is 12.1. The van der Waals surface area contributed by atoms with Crippen molar-refractivity contribution < 1.29 is 4.79 Å². The molecular weight excluding hydrogens is 242 g/mol. The summed E-state index contributed by atoms with van der Waals surface area (Å²) in [6, 6.07) is 0.522. The van der Waals surface area contributed by atoms with Gasteiger partial charge in [0.05, 0.1) is 12.4 Å². The van der Waals surface area contributed by atoms with Gasteiger partial charge < -0.3 is 15.5 Å². The van der Waals surface area contributed by atoms with Gasteiger partial charge in [-0.15, -0.1) is 0 Å². The number of hydrogen-bond acceptors (Lipinski definition) is 5. The third-order valence-electron chi connectivity index (χ3n) is 2.98. The molecule has 1 aromatic rings. The molecule has 1 aromatic heterocycles. The summed E-state index contributed by atoms with van der Waals surface area (Å²) in [5, 5.41) is 5.71. The largest absolute Gasteiger partial charge is 0.372 e. The van der Waals surface area contributed by atoms with Crippen molar-refractivity contribution in [2.75, 3.05) is 32.5 Å². The summed E-state index contributed by atoms with van der Waals surface area (Å²) in [4.78, 5) is 22.2. The highest BCUT2D eigenvalue weighted by Gasteiger charge is 2.08. The Labute approximate surface area is 114 Å². The quantitative estimate of drug-likeness (QED) is 0.719. The van der Waals surface area contributed by atoms with Crippen LogP contribution in [0.1, 0.15) is 30.8 Å². The number of anilines is 1. The van der Waals surface area contributed by atoms with Crippen molar-refractivity contribution in [3.8, 4) is 0 Å². The maximum absolute atomic E-state index is 11.8. The van der Waals surface area contributed by atoms with E-state index in [-0.39, 0.29) is 5.91 Å². The molecule has 0 aliphatic heterocycles. The Morgan fingerprint density at radius 1 is 1.42 bits per heavy atom. The Balaban J connectivity index is 2.35. The Morgan fingerprint density at radius 2 is 2.16 bits per heavy atom. The molecule has 0 aliphatic carbocycles. The van der Waals surface area contributed by atoms with Crippen molar-refractivity contribution in [1.82, 2.24) is 20.2 Å². The molecule has 0 atom stereocenters. The molecule has 0 bridgehead atoms. The molecule has 0 saturated heterocycles. The number of nitrogens with zero attached hydrogens (tertiary/aromatic N) is 3. The van der Waals surface area contributed by atoms with Gasteiger partial charge in [0.25, 0.3) is 5.91 Å². The van der Waals surface area contributed by atoms with Crippen LogP contribution >= 0.6 is 0 Å². The fourth-order valence-electron chi connectivity index (χ4n) is 1.47. The second-order valence-electron chi connectivity index (χ2n) is 4.72. The van der Waals surface area contributed by atoms with Gasteiger partial charge in [-0.1, -0.05) is 0 Å². The molecule has 1 rings (SSSR count). The number of carbonyl (C=O) groups is 1. The first-order chi connectivity index (χ1) is 9.04. The van der Waals surface area contributed by atoms with Gasteiger partial charge in [0.1, 0.15) is 11.5 Å². The highest BCUT2D eigenvalue weighted by Crippen LogP contribution is 2.00. The third kappa shape index (κ3) is 5.21. The van der Waals surface area contributed by atoms with Crippen molar-refractivity contribution in [3.05, 3.63) is 18.1 Å². The van der Waals surface area contributed by atoms with Gasteiger partial charge in [0.15, 0.2) is 0 Å². The van der Waals surface area contributed by atoms with Gasteiger partial charge >= 0.3 is 0 Å². The lowest BCUT2D eigenvalue weighted by atomic mass is 10.3. The van der Waals surface area contributed by atoms with E-state index in [4.69, 9.17) is 0 Å². The lowest BCUT2D eigenvalue weighted by molar-refractivity contribution is 0.0946. The number of rotatable bonds is 7. The molecule has 6 heteroatoms. The maximum Gasteiger partial charge on any atom is 0.271 e. The normalized spacial score (nSPS) is 10.8. The average Bonchev–Trinajstić information content (AvgIpc) is 2.42. The monoisotopic (exact) mass is 265 g/mol. The minimum absolute atomic E-state index is 0.184. The summed E-state index contributed by atoms with van der Waals surface area (Å²) in [5.74, 6) is 0.406. The Hall–Kier alpha value is -1.69. The molecule has 1 heterocycles. The van der Waals surface area contributed by atoms with E-state index in [1.54, 1.807) is 13.2 Å². The van der Waals surface area contributed by atoms with Crippen molar-refractivity contribution >= 4 is 11.7 Å². The van der Waals surface area contributed by atoms with Gasteiger partial charge in [0, 0.05) is 19.6 Å². The molecule has 0 aromatic carbocycles. The van der Waals surface area contributed by atoms with Crippen molar-refractivity contribution in [2.24, 2.45) is 0 Å². The molecule has 0 aliphatic rings. The molecular formula is C13H23N5O. The maximum atomic E-state index is 11.8. The van der Waals surface area contributed by atoms with Crippen LogP contribution in [0.2, 0.25) is 0 Å². The molecule has 0 fully saturated rings. The van der Waals surface area contributed by atoms with Crippen LogP contribution in [0.4, 0.5) is 5.82 Å². The van der Waals surface area contributed by atoms with Crippen LogP contribution in [0.5, 0.6) is 0 Å². The van der Waals surface area contributed by atoms with E-state index in [9.17, 15) is 4.79 Å². The molecule has 0 unspecified atom stereocenters. The Bertz CT molecular complexity index is 408. The van der Waals surface area contributed by atoms with Crippen molar-refractivity contribution in [3.63, 3.8) is 0 Å².